The number of anilines is 1. The predicted octanol–water partition coefficient (Wildman–Crippen LogP) is 5.11. The van der Waals surface area contributed by atoms with Crippen molar-refractivity contribution in [3.05, 3.63) is 63.1 Å². The van der Waals surface area contributed by atoms with E-state index in [9.17, 15) is 4.79 Å². The second-order valence-electron chi connectivity index (χ2n) is 4.67. The van der Waals surface area contributed by atoms with Crippen molar-refractivity contribution in [2.75, 3.05) is 11.9 Å². The van der Waals surface area contributed by atoms with Crippen LogP contribution in [0.25, 0.3) is 0 Å². The fourth-order valence-electron chi connectivity index (χ4n) is 2.06. The molecule has 104 valence electrons. The standard InChI is InChI=1S/C16H15BrClNO/c1-11(13-4-6-14(18)7-5-13)19(2)16-8-3-12(10-20)9-15(16)17/h3-11H,1-2H3. The highest BCUT2D eigenvalue weighted by molar-refractivity contribution is 9.10. The van der Waals surface area contributed by atoms with Gasteiger partial charge in [0.05, 0.1) is 11.7 Å². The molecule has 0 amide bonds. The Balaban J connectivity index is 2.28. The molecule has 1 atom stereocenters. The number of hydrogen-bond donors (Lipinski definition) is 0. The highest BCUT2D eigenvalue weighted by Gasteiger charge is 2.14. The molecular weight excluding hydrogens is 338 g/mol. The van der Waals surface area contributed by atoms with Gasteiger partial charge in [-0.25, -0.2) is 0 Å². The molecule has 2 rings (SSSR count). The first-order chi connectivity index (χ1) is 9.52. The first-order valence-corrected chi connectivity index (χ1v) is 7.43. The maximum absolute atomic E-state index is 10.8. The predicted molar refractivity (Wildman–Crippen MR) is 87.8 cm³/mol. The van der Waals surface area contributed by atoms with Gasteiger partial charge in [-0.05, 0) is 58.7 Å². The van der Waals surface area contributed by atoms with Crippen LogP contribution in [0.2, 0.25) is 5.02 Å². The summed E-state index contributed by atoms with van der Waals surface area (Å²) in [5, 5.41) is 0.736. The Labute approximate surface area is 132 Å². The van der Waals surface area contributed by atoms with E-state index in [2.05, 4.69) is 27.8 Å². The summed E-state index contributed by atoms with van der Waals surface area (Å²) < 4.78 is 0.908. The van der Waals surface area contributed by atoms with E-state index in [4.69, 9.17) is 11.6 Å². The van der Waals surface area contributed by atoms with Gasteiger partial charge in [-0.3, -0.25) is 4.79 Å². The van der Waals surface area contributed by atoms with Crippen LogP contribution >= 0.6 is 27.5 Å². The molecule has 0 aliphatic heterocycles. The second kappa shape index (κ2) is 6.42. The summed E-state index contributed by atoms with van der Waals surface area (Å²) >= 11 is 9.44. The molecule has 1 unspecified atom stereocenters. The molecule has 0 spiro atoms. The van der Waals surface area contributed by atoms with Gasteiger partial charge in [-0.2, -0.15) is 0 Å². The molecule has 0 bridgehead atoms. The lowest BCUT2D eigenvalue weighted by atomic mass is 10.1. The first kappa shape index (κ1) is 15.1. The fraction of sp³-hybridized carbons (Fsp3) is 0.188. The number of rotatable bonds is 4. The molecule has 20 heavy (non-hydrogen) atoms. The van der Waals surface area contributed by atoms with Crippen molar-refractivity contribution in [2.45, 2.75) is 13.0 Å². The minimum atomic E-state index is 0.200. The lowest BCUT2D eigenvalue weighted by Gasteiger charge is -2.28. The van der Waals surface area contributed by atoms with E-state index in [0.29, 0.717) is 5.56 Å². The molecule has 2 aromatic carbocycles. The molecule has 0 aliphatic carbocycles. The average molecular weight is 353 g/mol. The van der Waals surface area contributed by atoms with Gasteiger partial charge in [-0.15, -0.1) is 0 Å². The number of aldehydes is 1. The fourth-order valence-corrected chi connectivity index (χ4v) is 2.86. The molecule has 0 aliphatic rings. The van der Waals surface area contributed by atoms with E-state index in [1.54, 1.807) is 0 Å². The van der Waals surface area contributed by atoms with Crippen molar-refractivity contribution < 1.29 is 4.79 Å². The zero-order valence-corrected chi connectivity index (χ0v) is 13.6. The third-order valence-corrected chi connectivity index (χ3v) is 4.31. The van der Waals surface area contributed by atoms with E-state index in [-0.39, 0.29) is 6.04 Å². The van der Waals surface area contributed by atoms with Crippen LogP contribution in [-0.4, -0.2) is 13.3 Å². The third kappa shape index (κ3) is 3.22. The lowest BCUT2D eigenvalue weighted by molar-refractivity contribution is 0.112. The summed E-state index contributed by atoms with van der Waals surface area (Å²) in [6, 6.07) is 13.6. The summed E-state index contributed by atoms with van der Waals surface area (Å²) in [5.41, 5.74) is 2.88. The van der Waals surface area contributed by atoms with Gasteiger partial charge < -0.3 is 4.90 Å². The summed E-state index contributed by atoms with van der Waals surface area (Å²) in [7, 11) is 2.03. The first-order valence-electron chi connectivity index (χ1n) is 6.26. The molecule has 2 aromatic rings. The topological polar surface area (TPSA) is 20.3 Å². The molecule has 4 heteroatoms. The minimum absolute atomic E-state index is 0.200. The van der Waals surface area contributed by atoms with Gasteiger partial charge in [0, 0.05) is 22.1 Å². The van der Waals surface area contributed by atoms with Gasteiger partial charge in [0.1, 0.15) is 6.29 Å². The largest absolute Gasteiger partial charge is 0.367 e. The van der Waals surface area contributed by atoms with Crippen molar-refractivity contribution in [3.63, 3.8) is 0 Å². The van der Waals surface area contributed by atoms with E-state index >= 15 is 0 Å². The van der Waals surface area contributed by atoms with Crippen molar-refractivity contribution in [3.8, 4) is 0 Å². The number of nitrogens with zero attached hydrogens (tertiary/aromatic N) is 1. The summed E-state index contributed by atoms with van der Waals surface area (Å²) in [6.07, 6.45) is 0.844. The molecule has 0 fully saturated rings. The Kier molecular flexibility index (Phi) is 4.84. The molecule has 0 N–H and O–H groups in total. The number of halogens is 2. The second-order valence-corrected chi connectivity index (χ2v) is 5.96. The quantitative estimate of drug-likeness (QED) is 0.712. The van der Waals surface area contributed by atoms with Crippen LogP contribution in [0.5, 0.6) is 0 Å². The Hall–Kier alpha value is -1.32. The monoisotopic (exact) mass is 351 g/mol. The summed E-state index contributed by atoms with van der Waals surface area (Å²) in [4.78, 5) is 12.9. The van der Waals surface area contributed by atoms with Gasteiger partial charge in [-0.1, -0.05) is 23.7 Å². The van der Waals surface area contributed by atoms with Gasteiger partial charge in [0.25, 0.3) is 0 Å². The van der Waals surface area contributed by atoms with Gasteiger partial charge in [0.15, 0.2) is 0 Å². The van der Waals surface area contributed by atoms with E-state index < -0.39 is 0 Å². The van der Waals surface area contributed by atoms with Crippen LogP contribution in [0.1, 0.15) is 28.9 Å². The normalized spacial score (nSPS) is 12.0. The number of carbonyl (C=O) groups excluding carboxylic acids is 1. The van der Waals surface area contributed by atoms with Gasteiger partial charge >= 0.3 is 0 Å². The Bertz CT molecular complexity index is 612. The number of benzene rings is 2. The van der Waals surface area contributed by atoms with Crippen LogP contribution in [0.4, 0.5) is 5.69 Å². The van der Waals surface area contributed by atoms with Crippen molar-refractivity contribution in [2.24, 2.45) is 0 Å². The molecule has 2 nitrogen and oxygen atoms in total. The van der Waals surface area contributed by atoms with Crippen LogP contribution in [0.3, 0.4) is 0 Å². The molecule has 0 saturated heterocycles. The van der Waals surface area contributed by atoms with Crippen molar-refractivity contribution in [1.82, 2.24) is 0 Å². The van der Waals surface area contributed by atoms with Crippen LogP contribution < -0.4 is 4.90 Å². The van der Waals surface area contributed by atoms with E-state index in [1.165, 1.54) is 5.56 Å². The number of hydrogen-bond acceptors (Lipinski definition) is 2. The SMILES string of the molecule is CC(c1ccc(Cl)cc1)N(C)c1ccc(C=O)cc1Br. The zero-order chi connectivity index (χ0) is 14.7. The maximum atomic E-state index is 10.8. The van der Waals surface area contributed by atoms with Crippen LogP contribution in [0, 0.1) is 0 Å². The lowest BCUT2D eigenvalue weighted by Crippen LogP contribution is -2.22. The Morgan fingerprint density at radius 2 is 1.85 bits per heavy atom. The number of carbonyl (C=O) groups is 1. The highest BCUT2D eigenvalue weighted by Crippen LogP contribution is 2.32. The third-order valence-electron chi connectivity index (χ3n) is 3.42. The Morgan fingerprint density at radius 1 is 1.20 bits per heavy atom. The maximum Gasteiger partial charge on any atom is 0.150 e. The highest BCUT2D eigenvalue weighted by atomic mass is 79.9. The van der Waals surface area contributed by atoms with Crippen LogP contribution in [-0.2, 0) is 0 Å². The van der Waals surface area contributed by atoms with Gasteiger partial charge in [0.2, 0.25) is 0 Å². The summed E-state index contributed by atoms with van der Waals surface area (Å²) in [6.45, 7) is 2.13. The molecule has 0 radical (unpaired) electrons. The molecule has 0 saturated carbocycles. The molecule has 0 heterocycles. The average Bonchev–Trinajstić information content (AvgIpc) is 2.46. The minimum Gasteiger partial charge on any atom is -0.367 e. The molecule has 0 aromatic heterocycles. The summed E-state index contributed by atoms with van der Waals surface area (Å²) in [5.74, 6) is 0. The van der Waals surface area contributed by atoms with E-state index in [0.717, 1.165) is 21.5 Å². The smallest absolute Gasteiger partial charge is 0.150 e. The van der Waals surface area contributed by atoms with Crippen molar-refractivity contribution in [1.29, 1.82) is 0 Å². The van der Waals surface area contributed by atoms with E-state index in [1.807, 2.05) is 49.5 Å². The molecular formula is C16H15BrClNO. The Morgan fingerprint density at radius 3 is 2.40 bits per heavy atom. The zero-order valence-electron chi connectivity index (χ0n) is 11.3. The van der Waals surface area contributed by atoms with Crippen molar-refractivity contribution >= 4 is 39.5 Å². The van der Waals surface area contributed by atoms with Crippen LogP contribution in [0.15, 0.2) is 46.9 Å².